The Morgan fingerprint density at radius 2 is 1.89 bits per heavy atom. The van der Waals surface area contributed by atoms with Gasteiger partial charge in [-0.2, -0.15) is 0 Å². The van der Waals surface area contributed by atoms with Gasteiger partial charge in [0.15, 0.2) is 5.17 Å². The molecule has 0 spiro atoms. The molecule has 0 aliphatic carbocycles. The lowest BCUT2D eigenvalue weighted by Gasteiger charge is -2.13. The number of anilines is 1. The second-order valence-electron chi connectivity index (χ2n) is 6.17. The van der Waals surface area contributed by atoms with Crippen molar-refractivity contribution in [1.82, 2.24) is 10.3 Å². The van der Waals surface area contributed by atoms with Crippen LogP contribution >= 0.6 is 27.7 Å². The van der Waals surface area contributed by atoms with Crippen LogP contribution in [0.1, 0.15) is 18.9 Å². The number of amidine groups is 1. The molecule has 0 unspecified atom stereocenters. The summed E-state index contributed by atoms with van der Waals surface area (Å²) in [5.74, 6) is 1.01. The van der Waals surface area contributed by atoms with Crippen LogP contribution in [0, 0.1) is 0 Å². The molecule has 0 amide bonds. The van der Waals surface area contributed by atoms with E-state index >= 15 is 0 Å². The van der Waals surface area contributed by atoms with E-state index in [0.29, 0.717) is 11.7 Å². The van der Waals surface area contributed by atoms with E-state index in [0.717, 1.165) is 33.1 Å². The molecule has 0 saturated heterocycles. The summed E-state index contributed by atoms with van der Waals surface area (Å²) in [6.07, 6.45) is 1.04. The van der Waals surface area contributed by atoms with Crippen molar-refractivity contribution in [2.75, 3.05) is 11.1 Å². The fourth-order valence-corrected chi connectivity index (χ4v) is 4.65. The van der Waals surface area contributed by atoms with Crippen molar-refractivity contribution < 1.29 is 8.42 Å². The van der Waals surface area contributed by atoms with E-state index in [9.17, 15) is 8.42 Å². The van der Waals surface area contributed by atoms with E-state index in [1.54, 1.807) is 23.9 Å². The van der Waals surface area contributed by atoms with Crippen molar-refractivity contribution in [1.29, 1.82) is 0 Å². The van der Waals surface area contributed by atoms with Crippen LogP contribution in [0.2, 0.25) is 0 Å². The lowest BCUT2D eigenvalue weighted by Crippen LogP contribution is -2.35. The summed E-state index contributed by atoms with van der Waals surface area (Å²) in [5.41, 5.74) is 4.82. The first kappa shape index (κ1) is 20.9. The monoisotopic (exact) mass is 480 g/mol. The molecule has 2 aromatic carbocycles. The van der Waals surface area contributed by atoms with Crippen molar-refractivity contribution in [2.24, 2.45) is 4.99 Å². The van der Waals surface area contributed by atoms with Crippen LogP contribution in [0.15, 0.2) is 69.5 Å². The lowest BCUT2D eigenvalue weighted by atomic mass is 10.1. The number of nitrogens with zero attached hydrogens (tertiary/aromatic N) is 1. The number of thioether (sulfide) groups is 1. The average molecular weight is 481 g/mol. The molecule has 0 aromatic heterocycles. The molecule has 2 aromatic rings. The van der Waals surface area contributed by atoms with Crippen LogP contribution in [0.25, 0.3) is 5.70 Å². The maximum Gasteiger partial charge on any atom is 0.257 e. The fraction of sp³-hybridized carbons (Fsp3) is 0.211. The van der Waals surface area contributed by atoms with Gasteiger partial charge in [0.2, 0.25) is 0 Å². The van der Waals surface area contributed by atoms with Gasteiger partial charge in [-0.05, 0) is 48.4 Å². The van der Waals surface area contributed by atoms with Gasteiger partial charge in [0.05, 0.1) is 10.9 Å². The number of sulfonamides is 1. The van der Waals surface area contributed by atoms with Crippen molar-refractivity contribution in [2.45, 2.75) is 24.3 Å². The summed E-state index contributed by atoms with van der Waals surface area (Å²) in [6, 6.07) is 14.3. The Hall–Kier alpha value is -1.81. The third-order valence-corrected chi connectivity index (χ3v) is 6.95. The van der Waals surface area contributed by atoms with Gasteiger partial charge >= 0.3 is 0 Å². The normalized spacial score (nSPS) is 16.5. The van der Waals surface area contributed by atoms with E-state index in [4.69, 9.17) is 0 Å². The second kappa shape index (κ2) is 9.13. The summed E-state index contributed by atoms with van der Waals surface area (Å²) in [5, 5.41) is 4.23. The van der Waals surface area contributed by atoms with Crippen molar-refractivity contribution >= 4 is 54.3 Å². The topological polar surface area (TPSA) is 82.6 Å². The highest BCUT2D eigenvalue weighted by Crippen LogP contribution is 2.22. The highest BCUT2D eigenvalue weighted by Gasteiger charge is 2.16. The molecule has 28 heavy (non-hydrogen) atoms. The van der Waals surface area contributed by atoms with Crippen molar-refractivity contribution in [3.8, 4) is 0 Å². The van der Waals surface area contributed by atoms with Crippen LogP contribution in [0.3, 0.4) is 0 Å². The Labute approximate surface area is 178 Å². The summed E-state index contributed by atoms with van der Waals surface area (Å²) in [4.78, 5) is 7.12. The van der Waals surface area contributed by atoms with Gasteiger partial charge in [-0.15, -0.1) is 4.83 Å². The van der Waals surface area contributed by atoms with Gasteiger partial charge in [-0.3, -0.25) is 4.99 Å². The third-order valence-electron chi connectivity index (χ3n) is 4.13. The largest absolute Gasteiger partial charge is 0.335 e. The summed E-state index contributed by atoms with van der Waals surface area (Å²) in [6.45, 7) is 6.03. The van der Waals surface area contributed by atoms with Crippen LogP contribution in [0.4, 0.5) is 5.69 Å². The minimum absolute atomic E-state index is 0.163. The zero-order valence-corrected chi connectivity index (χ0v) is 18.5. The molecule has 3 N–H and O–H groups in total. The Morgan fingerprint density at radius 3 is 2.50 bits per heavy atom. The number of hydrogen-bond acceptors (Lipinski definition) is 6. The minimum Gasteiger partial charge on any atom is -0.335 e. The molecule has 0 fully saturated rings. The maximum atomic E-state index is 12.3. The zero-order valence-electron chi connectivity index (χ0n) is 15.3. The Morgan fingerprint density at radius 1 is 1.21 bits per heavy atom. The van der Waals surface area contributed by atoms with Crippen molar-refractivity contribution in [3.63, 3.8) is 0 Å². The summed E-state index contributed by atoms with van der Waals surface area (Å²) < 4.78 is 25.5. The molecule has 0 saturated carbocycles. The van der Waals surface area contributed by atoms with Crippen LogP contribution in [-0.4, -0.2) is 25.4 Å². The first-order valence-electron chi connectivity index (χ1n) is 8.68. The molecule has 6 nitrogen and oxygen atoms in total. The molecular weight excluding hydrogens is 460 g/mol. The van der Waals surface area contributed by atoms with E-state index in [1.165, 1.54) is 12.1 Å². The van der Waals surface area contributed by atoms with Gasteiger partial charge in [0.25, 0.3) is 10.0 Å². The van der Waals surface area contributed by atoms with Gasteiger partial charge < -0.3 is 10.7 Å². The molecule has 9 heteroatoms. The number of halogens is 1. The van der Waals surface area contributed by atoms with Crippen LogP contribution in [-0.2, 0) is 10.0 Å². The highest BCUT2D eigenvalue weighted by atomic mass is 79.9. The number of nitrogens with one attached hydrogen (secondary N) is 3. The van der Waals surface area contributed by atoms with Crippen LogP contribution < -0.4 is 15.6 Å². The number of rotatable bonds is 7. The Bertz CT molecular complexity index is 974. The fourth-order valence-electron chi connectivity index (χ4n) is 2.44. The SMILES string of the molecule is C=C(NNS(=O)(=O)c1ccc(Br)cc1)c1ccc(NC2=N[C@@H](CC)CS2)cc1. The van der Waals surface area contributed by atoms with E-state index < -0.39 is 10.0 Å². The highest BCUT2D eigenvalue weighted by molar-refractivity contribution is 9.10. The molecule has 1 aliphatic heterocycles. The number of hydrazine groups is 1. The predicted octanol–water partition coefficient (Wildman–Crippen LogP) is 4.20. The smallest absolute Gasteiger partial charge is 0.257 e. The summed E-state index contributed by atoms with van der Waals surface area (Å²) in [7, 11) is -3.69. The molecule has 1 aliphatic rings. The van der Waals surface area contributed by atoms with Gasteiger partial charge in [0.1, 0.15) is 0 Å². The van der Waals surface area contributed by atoms with Crippen LogP contribution in [0.5, 0.6) is 0 Å². The standard InChI is InChI=1S/C19H21BrN4O2S2/c1-3-16-12-27-19(21-16)22-17-8-4-14(5-9-17)13(2)23-24-28(25,26)18-10-6-15(20)7-11-18/h4-11,16,23-24H,2-3,12H2,1H3,(H,21,22)/t16-/m0/s1. The molecule has 3 rings (SSSR count). The Balaban J connectivity index is 1.58. The van der Waals surface area contributed by atoms with Gasteiger partial charge in [0, 0.05) is 21.6 Å². The molecule has 148 valence electrons. The molecule has 1 atom stereocenters. The summed E-state index contributed by atoms with van der Waals surface area (Å²) >= 11 is 5.01. The second-order valence-corrected chi connectivity index (χ2v) is 9.78. The number of aliphatic imine (C=N–C) groups is 1. The minimum atomic E-state index is -3.69. The Kier molecular flexibility index (Phi) is 6.82. The molecular formula is C19H21BrN4O2S2. The van der Waals surface area contributed by atoms with E-state index in [1.807, 2.05) is 24.3 Å². The third kappa shape index (κ3) is 5.38. The number of benzene rings is 2. The van der Waals surface area contributed by atoms with E-state index in [-0.39, 0.29) is 4.90 Å². The first-order valence-corrected chi connectivity index (χ1v) is 11.9. The van der Waals surface area contributed by atoms with E-state index in [2.05, 4.69) is 50.0 Å². The zero-order chi connectivity index (χ0) is 20.1. The first-order chi connectivity index (χ1) is 13.4. The average Bonchev–Trinajstić information content (AvgIpc) is 3.15. The molecule has 1 heterocycles. The predicted molar refractivity (Wildman–Crippen MR) is 121 cm³/mol. The molecule has 0 radical (unpaired) electrons. The maximum absolute atomic E-state index is 12.3. The molecule has 0 bridgehead atoms. The van der Waals surface area contributed by atoms with Gasteiger partial charge in [-0.1, -0.05) is 53.3 Å². The van der Waals surface area contributed by atoms with Gasteiger partial charge in [-0.25, -0.2) is 8.42 Å². The quantitative estimate of drug-likeness (QED) is 0.517. The number of hydrogen-bond donors (Lipinski definition) is 3. The van der Waals surface area contributed by atoms with Crippen molar-refractivity contribution in [3.05, 3.63) is 65.1 Å². The lowest BCUT2D eigenvalue weighted by molar-refractivity contribution is 0.576.